The lowest BCUT2D eigenvalue weighted by atomic mass is 10.1. The Morgan fingerprint density at radius 2 is 1.69 bits per heavy atom. The van der Waals surface area contributed by atoms with E-state index in [0.29, 0.717) is 37.0 Å². The number of hydrogen-bond acceptors (Lipinski definition) is 4. The van der Waals surface area contributed by atoms with Crippen LogP contribution in [0.15, 0.2) is 59.5 Å². The molecule has 0 radical (unpaired) electrons. The van der Waals surface area contributed by atoms with Gasteiger partial charge in [-0.2, -0.15) is 16.1 Å². The molecule has 7 heteroatoms. The lowest BCUT2D eigenvalue weighted by molar-refractivity contribution is 0.0766. The fraction of sp³-hybridized carbons (Fsp3) is 0.409. The summed E-state index contributed by atoms with van der Waals surface area (Å²) >= 11 is 1.89. The molecule has 2 aromatic rings. The van der Waals surface area contributed by atoms with Crippen molar-refractivity contribution in [3.05, 3.63) is 65.7 Å². The number of thioether (sulfide) groups is 1. The molecule has 1 saturated heterocycles. The highest BCUT2D eigenvalue weighted by Crippen LogP contribution is 2.34. The molecule has 1 heterocycles. The molecule has 3 rings (SSSR count). The highest BCUT2D eigenvalue weighted by Gasteiger charge is 2.25. The van der Waals surface area contributed by atoms with Crippen molar-refractivity contribution in [2.45, 2.75) is 30.4 Å². The van der Waals surface area contributed by atoms with Gasteiger partial charge in [-0.3, -0.25) is 4.79 Å². The second-order valence-corrected chi connectivity index (χ2v) is 10.2. The number of carbonyl (C=O) groups is 1. The molecule has 5 nitrogen and oxygen atoms in total. The van der Waals surface area contributed by atoms with Gasteiger partial charge in [0, 0.05) is 42.7 Å². The smallest absolute Gasteiger partial charge is 0.253 e. The molecule has 0 saturated carbocycles. The van der Waals surface area contributed by atoms with Crippen molar-refractivity contribution >= 4 is 27.7 Å². The Morgan fingerprint density at radius 1 is 1.03 bits per heavy atom. The Morgan fingerprint density at radius 3 is 2.31 bits per heavy atom. The fourth-order valence-electron chi connectivity index (χ4n) is 3.57. The number of sulfonamides is 1. The van der Waals surface area contributed by atoms with E-state index >= 15 is 0 Å². The zero-order valence-electron chi connectivity index (χ0n) is 17.0. The summed E-state index contributed by atoms with van der Waals surface area (Å²) in [6, 6.07) is 16.8. The highest BCUT2D eigenvalue weighted by molar-refractivity contribution is 7.99. The number of amides is 1. The van der Waals surface area contributed by atoms with E-state index in [9.17, 15) is 13.2 Å². The Labute approximate surface area is 178 Å². The first kappa shape index (κ1) is 21.9. The maximum absolute atomic E-state index is 13.0. The van der Waals surface area contributed by atoms with Gasteiger partial charge >= 0.3 is 0 Å². The summed E-state index contributed by atoms with van der Waals surface area (Å²) in [5.74, 6) is 0.853. The van der Waals surface area contributed by atoms with Crippen LogP contribution < -0.4 is 0 Å². The quantitative estimate of drug-likeness (QED) is 0.691. The first-order chi connectivity index (χ1) is 14.0. The van der Waals surface area contributed by atoms with Crippen molar-refractivity contribution in [3.8, 4) is 0 Å². The van der Waals surface area contributed by atoms with E-state index in [1.54, 1.807) is 24.3 Å². The molecule has 0 bridgehead atoms. The summed E-state index contributed by atoms with van der Waals surface area (Å²) in [7, 11) is -3.51. The molecule has 1 atom stereocenters. The van der Waals surface area contributed by atoms with Crippen molar-refractivity contribution < 1.29 is 13.2 Å². The monoisotopic (exact) mass is 432 g/mol. The van der Waals surface area contributed by atoms with Crippen LogP contribution in [0.2, 0.25) is 0 Å². The number of hydrogen-bond donors (Lipinski definition) is 0. The third kappa shape index (κ3) is 5.02. The molecule has 0 aromatic heterocycles. The molecular formula is C22H28N2O3S2. The largest absolute Gasteiger partial charge is 0.338 e. The van der Waals surface area contributed by atoms with Crippen molar-refractivity contribution in [1.29, 1.82) is 0 Å². The van der Waals surface area contributed by atoms with Crippen LogP contribution in [0, 0.1) is 0 Å². The Hall–Kier alpha value is -1.83. The summed E-state index contributed by atoms with van der Waals surface area (Å²) in [6.07, 6.45) is 0.912. The minimum Gasteiger partial charge on any atom is -0.338 e. The zero-order chi connectivity index (χ0) is 20.9. The molecule has 1 aliphatic rings. The summed E-state index contributed by atoms with van der Waals surface area (Å²) in [5.41, 5.74) is 1.84. The van der Waals surface area contributed by atoms with Gasteiger partial charge in [0.1, 0.15) is 0 Å². The van der Waals surface area contributed by atoms with Gasteiger partial charge in [-0.25, -0.2) is 8.42 Å². The first-order valence-electron chi connectivity index (χ1n) is 10.0. The Balaban J connectivity index is 1.69. The average molecular weight is 433 g/mol. The molecule has 1 aliphatic heterocycles. The topological polar surface area (TPSA) is 57.7 Å². The second-order valence-electron chi connectivity index (χ2n) is 6.96. The number of nitrogens with zero attached hydrogens (tertiary/aromatic N) is 2. The Kier molecular flexibility index (Phi) is 7.38. The van der Waals surface area contributed by atoms with Crippen LogP contribution >= 0.6 is 11.8 Å². The van der Waals surface area contributed by atoms with Crippen LogP contribution in [0.4, 0.5) is 0 Å². The summed E-state index contributed by atoms with van der Waals surface area (Å²) in [4.78, 5) is 15.1. The van der Waals surface area contributed by atoms with Crippen LogP contribution in [0.25, 0.3) is 0 Å². The summed E-state index contributed by atoms with van der Waals surface area (Å²) in [6.45, 7) is 5.89. The highest BCUT2D eigenvalue weighted by atomic mass is 32.2. The number of rotatable bonds is 6. The van der Waals surface area contributed by atoms with E-state index in [0.717, 1.165) is 12.2 Å². The van der Waals surface area contributed by atoms with Gasteiger partial charge in [-0.1, -0.05) is 44.2 Å². The first-order valence-corrected chi connectivity index (χ1v) is 12.5. The minimum absolute atomic E-state index is 0.0360. The van der Waals surface area contributed by atoms with Crippen molar-refractivity contribution in [2.24, 2.45) is 0 Å². The average Bonchev–Trinajstić information content (AvgIpc) is 3.01. The molecule has 0 spiro atoms. The van der Waals surface area contributed by atoms with Crippen molar-refractivity contribution in [1.82, 2.24) is 9.21 Å². The predicted octanol–water partition coefficient (Wildman–Crippen LogP) is 4.04. The van der Waals surface area contributed by atoms with Crippen LogP contribution in [0.3, 0.4) is 0 Å². The minimum atomic E-state index is -3.51. The third-order valence-electron chi connectivity index (χ3n) is 5.24. The lowest BCUT2D eigenvalue weighted by Crippen LogP contribution is -2.33. The van der Waals surface area contributed by atoms with Gasteiger partial charge in [0.2, 0.25) is 10.0 Å². The number of carbonyl (C=O) groups excluding carboxylic acids is 1. The maximum Gasteiger partial charge on any atom is 0.253 e. The molecule has 0 N–H and O–H groups in total. The van der Waals surface area contributed by atoms with E-state index in [1.165, 1.54) is 9.87 Å². The molecule has 1 fully saturated rings. The van der Waals surface area contributed by atoms with E-state index in [1.807, 2.05) is 36.6 Å². The van der Waals surface area contributed by atoms with Crippen molar-refractivity contribution in [3.63, 3.8) is 0 Å². The number of benzene rings is 2. The van der Waals surface area contributed by atoms with Gasteiger partial charge in [0.25, 0.3) is 5.91 Å². The van der Waals surface area contributed by atoms with Crippen LogP contribution in [-0.2, 0) is 10.0 Å². The summed E-state index contributed by atoms with van der Waals surface area (Å²) in [5, 5.41) is 0.399. The van der Waals surface area contributed by atoms with Gasteiger partial charge in [0.05, 0.1) is 4.90 Å². The maximum atomic E-state index is 13.0. The predicted molar refractivity (Wildman–Crippen MR) is 119 cm³/mol. The molecular weight excluding hydrogens is 404 g/mol. The zero-order valence-corrected chi connectivity index (χ0v) is 18.6. The van der Waals surface area contributed by atoms with Crippen molar-refractivity contribution in [2.75, 3.05) is 31.9 Å². The van der Waals surface area contributed by atoms with Crippen LogP contribution in [0.5, 0.6) is 0 Å². The van der Waals surface area contributed by atoms with Gasteiger partial charge < -0.3 is 4.90 Å². The molecule has 1 amide bonds. The van der Waals surface area contributed by atoms with E-state index in [-0.39, 0.29) is 10.8 Å². The Bertz CT molecular complexity index is 911. The van der Waals surface area contributed by atoms with Crippen LogP contribution in [-0.4, -0.2) is 55.5 Å². The molecule has 1 unspecified atom stereocenters. The van der Waals surface area contributed by atoms with Gasteiger partial charge in [-0.05, 0) is 36.2 Å². The van der Waals surface area contributed by atoms with Gasteiger partial charge in [-0.15, -0.1) is 0 Å². The molecule has 156 valence electrons. The van der Waals surface area contributed by atoms with E-state index in [4.69, 9.17) is 0 Å². The van der Waals surface area contributed by atoms with E-state index in [2.05, 4.69) is 24.3 Å². The third-order valence-corrected chi connectivity index (χ3v) is 8.64. The second kappa shape index (κ2) is 9.78. The fourth-order valence-corrected chi connectivity index (χ4v) is 6.26. The van der Waals surface area contributed by atoms with Crippen LogP contribution in [0.1, 0.15) is 41.4 Å². The summed E-state index contributed by atoms with van der Waals surface area (Å²) < 4.78 is 26.7. The lowest BCUT2D eigenvalue weighted by Gasteiger charge is -2.21. The molecule has 29 heavy (non-hydrogen) atoms. The standard InChI is InChI=1S/C22H28N2O3S2/c1-3-24(4-2)29(26,27)20-12-10-19(11-13-20)22(25)23-15-14-21(28-17-16-23)18-8-6-5-7-9-18/h5-13,21H,3-4,14-17H2,1-2H3. The van der Waals surface area contributed by atoms with Gasteiger partial charge in [0.15, 0.2) is 0 Å². The molecule has 2 aromatic carbocycles. The molecule has 0 aliphatic carbocycles. The normalized spacial score (nSPS) is 17.9. The van der Waals surface area contributed by atoms with E-state index < -0.39 is 10.0 Å². The SMILES string of the molecule is CCN(CC)S(=O)(=O)c1ccc(C(=O)N2CCSC(c3ccccc3)CC2)cc1.